The molecule has 2 heterocycles. The molecule has 0 amide bonds. The highest BCUT2D eigenvalue weighted by molar-refractivity contribution is 5.93. The van der Waals surface area contributed by atoms with Crippen LogP contribution >= 0.6 is 0 Å². The molecule has 0 saturated carbocycles. The molecule has 0 aliphatic carbocycles. The minimum absolute atomic E-state index is 0.101. The Hall–Kier alpha value is -5.42. The highest BCUT2D eigenvalue weighted by Crippen LogP contribution is 2.30. The van der Waals surface area contributed by atoms with E-state index in [1.807, 2.05) is 115 Å². The van der Waals surface area contributed by atoms with Crippen LogP contribution in [0.3, 0.4) is 0 Å². The molecule has 5 aromatic carbocycles. The van der Waals surface area contributed by atoms with Gasteiger partial charge in [-0.25, -0.2) is 15.0 Å². The average molecular weight is 503 g/mol. The number of para-hydroxylation sites is 3. The molecule has 39 heavy (non-hydrogen) atoms. The van der Waals surface area contributed by atoms with E-state index in [4.69, 9.17) is 15.0 Å². The molecule has 0 bridgehead atoms. The molecule has 0 spiro atoms. The van der Waals surface area contributed by atoms with Crippen LogP contribution < -0.4 is 5.56 Å². The number of fused-ring (bicyclic) bond motifs is 2. The quantitative estimate of drug-likeness (QED) is 0.253. The second kappa shape index (κ2) is 9.47. The summed E-state index contributed by atoms with van der Waals surface area (Å²) in [6.07, 6.45) is 0. The minimum atomic E-state index is -0.101. The van der Waals surface area contributed by atoms with Crippen molar-refractivity contribution < 1.29 is 0 Å². The summed E-state index contributed by atoms with van der Waals surface area (Å²) in [5, 5.41) is 1.59. The van der Waals surface area contributed by atoms with Crippen LogP contribution in [0.4, 0.5) is 0 Å². The number of benzene rings is 5. The van der Waals surface area contributed by atoms with Crippen molar-refractivity contribution in [3.05, 3.63) is 144 Å². The Morgan fingerprint density at radius 2 is 1.03 bits per heavy atom. The Morgan fingerprint density at radius 3 is 1.74 bits per heavy atom. The van der Waals surface area contributed by atoms with Crippen molar-refractivity contribution in [2.45, 2.75) is 0 Å². The highest BCUT2D eigenvalue weighted by atomic mass is 16.1. The number of aromatic nitrogens is 4. The van der Waals surface area contributed by atoms with Crippen molar-refractivity contribution in [1.82, 2.24) is 19.5 Å². The summed E-state index contributed by atoms with van der Waals surface area (Å²) in [7, 11) is 0. The first-order valence-electron chi connectivity index (χ1n) is 12.8. The van der Waals surface area contributed by atoms with Crippen molar-refractivity contribution in [1.29, 1.82) is 0 Å². The first-order chi connectivity index (χ1) is 19.3. The highest BCUT2D eigenvalue weighted by Gasteiger charge is 2.16. The summed E-state index contributed by atoms with van der Waals surface area (Å²) in [5.41, 5.74) is 5.88. The number of nitrogens with zero attached hydrogens (tertiary/aromatic N) is 4. The van der Waals surface area contributed by atoms with Crippen LogP contribution in [0.2, 0.25) is 0 Å². The van der Waals surface area contributed by atoms with Gasteiger partial charge in [0.1, 0.15) is 5.82 Å². The molecule has 0 fully saturated rings. The molecule has 0 N–H and O–H groups in total. The summed E-state index contributed by atoms with van der Waals surface area (Å²) >= 11 is 0. The second-order valence-corrected chi connectivity index (χ2v) is 9.29. The minimum Gasteiger partial charge on any atom is -0.268 e. The summed E-state index contributed by atoms with van der Waals surface area (Å²) < 4.78 is 1.68. The Bertz CT molecular complexity index is 2020. The lowest BCUT2D eigenvalue weighted by Gasteiger charge is -2.14. The van der Waals surface area contributed by atoms with E-state index in [0.717, 1.165) is 39.0 Å². The fraction of sp³-hybridized carbons (Fsp3) is 0. The fourth-order valence-electron chi connectivity index (χ4n) is 4.93. The molecule has 0 atom stereocenters. The third-order valence-corrected chi connectivity index (χ3v) is 6.84. The van der Waals surface area contributed by atoms with Crippen molar-refractivity contribution in [2.75, 3.05) is 0 Å². The molecule has 0 radical (unpaired) electrons. The van der Waals surface area contributed by atoms with Crippen LogP contribution in [0.25, 0.3) is 61.5 Å². The average Bonchev–Trinajstić information content (AvgIpc) is 3.01. The van der Waals surface area contributed by atoms with Gasteiger partial charge < -0.3 is 0 Å². The van der Waals surface area contributed by atoms with Gasteiger partial charge in [0.15, 0.2) is 5.82 Å². The zero-order valence-electron chi connectivity index (χ0n) is 20.9. The largest absolute Gasteiger partial charge is 0.268 e. The molecular formula is C34H22N4O. The fourth-order valence-corrected chi connectivity index (χ4v) is 4.93. The van der Waals surface area contributed by atoms with Gasteiger partial charge in [0.05, 0.1) is 27.8 Å². The Balaban J connectivity index is 1.38. The number of rotatable bonds is 4. The van der Waals surface area contributed by atoms with Crippen LogP contribution in [0.1, 0.15) is 0 Å². The SMILES string of the molecule is O=c1c2ccccc2nc(-c2ccc(-c3nc(-c4ccccc4)c4ccccc4n3)cc2)n1-c1ccccc1. The van der Waals surface area contributed by atoms with Gasteiger partial charge in [-0.15, -0.1) is 0 Å². The number of hydrogen-bond acceptors (Lipinski definition) is 4. The molecule has 5 nitrogen and oxygen atoms in total. The van der Waals surface area contributed by atoms with Gasteiger partial charge in [0.25, 0.3) is 5.56 Å². The van der Waals surface area contributed by atoms with Crippen LogP contribution in [0.15, 0.2) is 138 Å². The van der Waals surface area contributed by atoms with E-state index in [-0.39, 0.29) is 5.56 Å². The molecule has 0 aliphatic rings. The van der Waals surface area contributed by atoms with Gasteiger partial charge in [-0.1, -0.05) is 103 Å². The van der Waals surface area contributed by atoms with Crippen molar-refractivity contribution in [3.63, 3.8) is 0 Å². The molecule has 0 saturated heterocycles. The Kier molecular flexibility index (Phi) is 5.52. The molecule has 7 aromatic rings. The van der Waals surface area contributed by atoms with Gasteiger partial charge >= 0.3 is 0 Å². The topological polar surface area (TPSA) is 60.7 Å². The monoisotopic (exact) mass is 502 g/mol. The Morgan fingerprint density at radius 1 is 0.462 bits per heavy atom. The van der Waals surface area contributed by atoms with Gasteiger partial charge in [-0.05, 0) is 30.3 Å². The maximum absolute atomic E-state index is 13.6. The first kappa shape index (κ1) is 22.8. The molecule has 2 aromatic heterocycles. The zero-order valence-corrected chi connectivity index (χ0v) is 20.9. The lowest BCUT2D eigenvalue weighted by atomic mass is 10.1. The predicted molar refractivity (Wildman–Crippen MR) is 157 cm³/mol. The van der Waals surface area contributed by atoms with E-state index >= 15 is 0 Å². The first-order valence-corrected chi connectivity index (χ1v) is 12.8. The van der Waals surface area contributed by atoms with Gasteiger partial charge in [-0.2, -0.15) is 0 Å². The van der Waals surface area contributed by atoms with Gasteiger partial charge in [-0.3, -0.25) is 9.36 Å². The molecule has 0 unspecified atom stereocenters. The summed E-state index contributed by atoms with van der Waals surface area (Å²) in [6, 6.07) is 43.2. The van der Waals surface area contributed by atoms with E-state index in [9.17, 15) is 4.79 Å². The van der Waals surface area contributed by atoms with E-state index in [2.05, 4.69) is 18.2 Å². The maximum Gasteiger partial charge on any atom is 0.266 e. The van der Waals surface area contributed by atoms with Crippen molar-refractivity contribution in [3.8, 4) is 39.7 Å². The van der Waals surface area contributed by atoms with Gasteiger partial charge in [0.2, 0.25) is 0 Å². The summed E-state index contributed by atoms with van der Waals surface area (Å²) in [4.78, 5) is 28.4. The zero-order chi connectivity index (χ0) is 26.2. The molecule has 184 valence electrons. The normalized spacial score (nSPS) is 11.2. The second-order valence-electron chi connectivity index (χ2n) is 9.29. The molecule has 0 aliphatic heterocycles. The predicted octanol–water partition coefficient (Wildman–Crippen LogP) is 7.33. The van der Waals surface area contributed by atoms with Crippen molar-refractivity contribution >= 4 is 21.8 Å². The summed E-state index contributed by atoms with van der Waals surface area (Å²) in [6.45, 7) is 0. The molecule has 5 heteroatoms. The standard InChI is InChI=1S/C34H22N4O/c39-34-28-16-8-10-18-30(28)36-33(38(34)26-13-5-2-6-14-26)25-21-19-24(20-22-25)32-35-29-17-9-7-15-27(29)31(37-32)23-11-3-1-4-12-23/h1-22H. The van der Waals surface area contributed by atoms with Crippen LogP contribution in [0.5, 0.6) is 0 Å². The summed E-state index contributed by atoms with van der Waals surface area (Å²) in [5.74, 6) is 1.23. The van der Waals surface area contributed by atoms with Crippen molar-refractivity contribution in [2.24, 2.45) is 0 Å². The van der Waals surface area contributed by atoms with Crippen LogP contribution in [-0.2, 0) is 0 Å². The number of hydrogen-bond donors (Lipinski definition) is 0. The maximum atomic E-state index is 13.6. The molecule has 7 rings (SSSR count). The Labute approximate surface area is 224 Å². The lowest BCUT2D eigenvalue weighted by Crippen LogP contribution is -2.21. The van der Waals surface area contributed by atoms with Crippen LogP contribution in [-0.4, -0.2) is 19.5 Å². The van der Waals surface area contributed by atoms with E-state index < -0.39 is 0 Å². The smallest absolute Gasteiger partial charge is 0.266 e. The lowest BCUT2D eigenvalue weighted by molar-refractivity contribution is 0.976. The van der Waals surface area contributed by atoms with Crippen LogP contribution in [0, 0.1) is 0 Å². The third kappa shape index (κ3) is 4.06. The van der Waals surface area contributed by atoms with E-state index in [0.29, 0.717) is 22.6 Å². The van der Waals surface area contributed by atoms with E-state index in [1.165, 1.54) is 0 Å². The third-order valence-electron chi connectivity index (χ3n) is 6.84. The van der Waals surface area contributed by atoms with E-state index in [1.54, 1.807) is 4.57 Å². The van der Waals surface area contributed by atoms with Gasteiger partial charge in [0, 0.05) is 22.1 Å². The molecular weight excluding hydrogens is 480 g/mol.